The summed E-state index contributed by atoms with van der Waals surface area (Å²) in [6, 6.07) is 13.1. The fourth-order valence-electron chi connectivity index (χ4n) is 2.80. The van der Waals surface area contributed by atoms with Gasteiger partial charge in [-0.05, 0) is 51.7 Å². The minimum atomic E-state index is -1.69. The molecule has 0 bridgehead atoms. The summed E-state index contributed by atoms with van der Waals surface area (Å²) in [5.74, 6) is -2.21. The Labute approximate surface area is 176 Å². The first kappa shape index (κ1) is 21.4. The van der Waals surface area contributed by atoms with E-state index in [-0.39, 0.29) is 18.9 Å². The van der Waals surface area contributed by atoms with Crippen LogP contribution in [-0.2, 0) is 11.3 Å². The predicted octanol–water partition coefficient (Wildman–Crippen LogP) is 1.42. The Morgan fingerprint density at radius 2 is 1.97 bits per heavy atom. The van der Waals surface area contributed by atoms with Crippen LogP contribution in [0.3, 0.4) is 0 Å². The number of carboxylic acids is 1. The zero-order chi connectivity index (χ0) is 21.7. The van der Waals surface area contributed by atoms with Gasteiger partial charge in [0, 0.05) is 11.6 Å². The van der Waals surface area contributed by atoms with Crippen LogP contribution in [0, 0.1) is 6.92 Å². The van der Waals surface area contributed by atoms with Gasteiger partial charge in [0.05, 0.1) is 6.54 Å². The molecule has 30 heavy (non-hydrogen) atoms. The first-order chi connectivity index (χ1) is 14.3. The number of tetrazole rings is 1. The van der Waals surface area contributed by atoms with Crippen LogP contribution in [0.5, 0.6) is 0 Å². The Morgan fingerprint density at radius 3 is 2.60 bits per heavy atom. The Bertz CT molecular complexity index is 1030. The van der Waals surface area contributed by atoms with E-state index in [1.54, 1.807) is 0 Å². The Hall–Kier alpha value is -3.34. The van der Waals surface area contributed by atoms with Gasteiger partial charge in [0.2, 0.25) is 5.82 Å². The molecule has 1 atom stereocenters. The predicted molar refractivity (Wildman–Crippen MR) is 107 cm³/mol. The van der Waals surface area contributed by atoms with Crippen molar-refractivity contribution in [1.82, 2.24) is 31.1 Å². The number of benzene rings is 2. The molecule has 0 aliphatic carbocycles. The van der Waals surface area contributed by atoms with E-state index >= 15 is 0 Å². The Balaban J connectivity index is 1.76. The third-order valence-corrected chi connectivity index (χ3v) is 4.57. The summed E-state index contributed by atoms with van der Waals surface area (Å²) in [5.41, 5.74) is 6.32. The van der Waals surface area contributed by atoms with Gasteiger partial charge in [-0.2, -0.15) is 0 Å². The lowest BCUT2D eigenvalue weighted by Gasteiger charge is -2.24. The second-order valence-corrected chi connectivity index (χ2v) is 7.02. The van der Waals surface area contributed by atoms with Gasteiger partial charge in [-0.25, -0.2) is 14.9 Å². The van der Waals surface area contributed by atoms with E-state index in [9.17, 15) is 14.7 Å². The standard InChI is InChI=1S/C19H19ClN6O4/c1-11-2-7-14(20)8-15(11)13-5-3-12(4-6-13)9-26(10-16(27)19(29)30)23-18(28)17-21-24-25-22-17/h2-8,16,27H,9-10H2,1H3,(H,23,28)(H,29,30)(H,21,22,24,25)/t16-/m1/s1. The molecule has 1 aromatic heterocycles. The summed E-state index contributed by atoms with van der Waals surface area (Å²) in [4.78, 5) is 23.2. The molecule has 1 heterocycles. The molecule has 2 aromatic carbocycles. The number of hydrogen-bond donors (Lipinski definition) is 4. The van der Waals surface area contributed by atoms with Crippen LogP contribution >= 0.6 is 11.6 Å². The Morgan fingerprint density at radius 1 is 1.23 bits per heavy atom. The number of hydrogen-bond acceptors (Lipinski definition) is 7. The molecule has 0 saturated carbocycles. The van der Waals surface area contributed by atoms with Crippen LogP contribution in [0.1, 0.15) is 21.7 Å². The molecule has 0 aliphatic heterocycles. The molecule has 0 spiro atoms. The third-order valence-electron chi connectivity index (χ3n) is 4.34. The van der Waals surface area contributed by atoms with Crippen molar-refractivity contribution in [3.8, 4) is 11.1 Å². The maximum atomic E-state index is 12.2. The van der Waals surface area contributed by atoms with Crippen LogP contribution in [0.2, 0.25) is 5.02 Å². The number of halogens is 1. The second kappa shape index (κ2) is 9.44. The maximum Gasteiger partial charge on any atom is 0.333 e. The highest BCUT2D eigenvalue weighted by atomic mass is 35.5. The van der Waals surface area contributed by atoms with Crippen molar-refractivity contribution in [2.24, 2.45) is 0 Å². The molecule has 11 heteroatoms. The fraction of sp³-hybridized carbons (Fsp3) is 0.211. The van der Waals surface area contributed by atoms with Crippen molar-refractivity contribution in [2.75, 3.05) is 6.54 Å². The molecule has 0 aliphatic rings. The highest BCUT2D eigenvalue weighted by molar-refractivity contribution is 6.30. The number of nitrogens with one attached hydrogen (secondary N) is 2. The SMILES string of the molecule is Cc1ccc(Cl)cc1-c1ccc(CN(C[C@@H](O)C(=O)O)NC(=O)c2nnn[nH]2)cc1. The summed E-state index contributed by atoms with van der Waals surface area (Å²) in [6.07, 6.45) is -1.69. The summed E-state index contributed by atoms with van der Waals surface area (Å²) in [7, 11) is 0. The van der Waals surface area contributed by atoms with Gasteiger partial charge in [-0.1, -0.05) is 41.9 Å². The monoisotopic (exact) mass is 430 g/mol. The molecule has 4 N–H and O–H groups in total. The van der Waals surface area contributed by atoms with Gasteiger partial charge in [0.15, 0.2) is 6.10 Å². The summed E-state index contributed by atoms with van der Waals surface area (Å²) in [6.45, 7) is 1.80. The maximum absolute atomic E-state index is 12.2. The minimum Gasteiger partial charge on any atom is -0.479 e. The number of carbonyl (C=O) groups excluding carboxylic acids is 1. The van der Waals surface area contributed by atoms with Crippen molar-refractivity contribution in [1.29, 1.82) is 0 Å². The summed E-state index contributed by atoms with van der Waals surface area (Å²) < 4.78 is 0. The molecule has 3 rings (SSSR count). The van der Waals surface area contributed by atoms with Gasteiger partial charge >= 0.3 is 11.9 Å². The first-order valence-electron chi connectivity index (χ1n) is 8.89. The Kier molecular flexibility index (Phi) is 6.72. The quantitative estimate of drug-likeness (QED) is 0.393. The molecule has 0 fully saturated rings. The average Bonchev–Trinajstić information content (AvgIpc) is 3.25. The van der Waals surface area contributed by atoms with Crippen LogP contribution in [0.25, 0.3) is 11.1 Å². The zero-order valence-corrected chi connectivity index (χ0v) is 16.7. The number of nitrogens with zero attached hydrogens (tertiary/aromatic N) is 4. The summed E-state index contributed by atoms with van der Waals surface area (Å²) in [5, 5.41) is 33.1. The van der Waals surface area contributed by atoms with Gasteiger partial charge in [-0.3, -0.25) is 10.2 Å². The number of aliphatic hydroxyl groups excluding tert-OH is 1. The molecule has 1 amide bonds. The van der Waals surface area contributed by atoms with Crippen molar-refractivity contribution >= 4 is 23.5 Å². The highest BCUT2D eigenvalue weighted by Crippen LogP contribution is 2.27. The molecular weight excluding hydrogens is 412 g/mol. The number of carboxylic acid groups (broad SMARTS) is 1. The molecule has 0 saturated heterocycles. The largest absolute Gasteiger partial charge is 0.479 e. The number of aliphatic carboxylic acids is 1. The molecule has 10 nitrogen and oxygen atoms in total. The molecule has 3 aromatic rings. The fourth-order valence-corrected chi connectivity index (χ4v) is 2.98. The molecular formula is C19H19ClN6O4. The number of hydrazine groups is 1. The molecule has 156 valence electrons. The van der Waals surface area contributed by atoms with E-state index in [1.807, 2.05) is 49.4 Å². The lowest BCUT2D eigenvalue weighted by atomic mass is 9.99. The third kappa shape index (κ3) is 5.38. The van der Waals surface area contributed by atoms with Gasteiger partial charge in [0.1, 0.15) is 0 Å². The molecule has 0 radical (unpaired) electrons. The van der Waals surface area contributed by atoms with Gasteiger partial charge in [-0.15, -0.1) is 5.10 Å². The smallest absolute Gasteiger partial charge is 0.333 e. The number of aromatic nitrogens is 4. The lowest BCUT2D eigenvalue weighted by Crippen LogP contribution is -2.47. The van der Waals surface area contributed by atoms with E-state index in [2.05, 4.69) is 26.0 Å². The number of carbonyl (C=O) groups is 2. The molecule has 0 unspecified atom stereocenters. The van der Waals surface area contributed by atoms with E-state index in [0.717, 1.165) is 22.3 Å². The first-order valence-corrected chi connectivity index (χ1v) is 9.27. The second-order valence-electron chi connectivity index (χ2n) is 6.58. The zero-order valence-electron chi connectivity index (χ0n) is 15.9. The van der Waals surface area contributed by atoms with Gasteiger partial charge in [0.25, 0.3) is 0 Å². The van der Waals surface area contributed by atoms with E-state index < -0.39 is 18.0 Å². The van der Waals surface area contributed by atoms with E-state index in [1.165, 1.54) is 5.01 Å². The lowest BCUT2D eigenvalue weighted by molar-refractivity contribution is -0.148. The van der Waals surface area contributed by atoms with Gasteiger partial charge < -0.3 is 10.2 Å². The number of aliphatic hydroxyl groups is 1. The number of rotatable bonds is 8. The normalized spacial score (nSPS) is 12.0. The van der Waals surface area contributed by atoms with Crippen molar-refractivity contribution in [3.05, 3.63) is 64.4 Å². The average molecular weight is 431 g/mol. The van der Waals surface area contributed by atoms with E-state index in [4.69, 9.17) is 16.7 Å². The van der Waals surface area contributed by atoms with Crippen molar-refractivity contribution in [3.63, 3.8) is 0 Å². The van der Waals surface area contributed by atoms with Crippen LogP contribution in [-0.4, -0.2) is 60.4 Å². The summed E-state index contributed by atoms with van der Waals surface area (Å²) >= 11 is 6.10. The van der Waals surface area contributed by atoms with E-state index in [0.29, 0.717) is 5.02 Å². The van der Waals surface area contributed by atoms with Crippen LogP contribution in [0.4, 0.5) is 0 Å². The topological polar surface area (TPSA) is 144 Å². The number of H-pyrrole nitrogens is 1. The number of aryl methyl sites for hydroxylation is 1. The van der Waals surface area contributed by atoms with Crippen molar-refractivity contribution in [2.45, 2.75) is 19.6 Å². The highest BCUT2D eigenvalue weighted by Gasteiger charge is 2.21. The minimum absolute atomic E-state index is 0.142. The van der Waals surface area contributed by atoms with Crippen LogP contribution < -0.4 is 5.43 Å². The van der Waals surface area contributed by atoms with Crippen LogP contribution in [0.15, 0.2) is 42.5 Å². The number of aromatic amines is 1. The number of amides is 1. The van der Waals surface area contributed by atoms with Crippen molar-refractivity contribution < 1.29 is 19.8 Å².